The van der Waals surface area contributed by atoms with E-state index in [9.17, 15) is 13.2 Å². The predicted octanol–water partition coefficient (Wildman–Crippen LogP) is 6.43. The second-order valence-electron chi connectivity index (χ2n) is 11.1. The molecule has 1 saturated heterocycles. The molecule has 1 heterocycles. The molecule has 0 saturated carbocycles. The van der Waals surface area contributed by atoms with Crippen molar-refractivity contribution in [2.45, 2.75) is 64.3 Å². The number of piperidine rings is 1. The number of benzene rings is 3. The van der Waals surface area contributed by atoms with Crippen molar-refractivity contribution >= 4 is 27.3 Å². The third kappa shape index (κ3) is 7.01. The van der Waals surface area contributed by atoms with E-state index in [4.69, 9.17) is 0 Å². The van der Waals surface area contributed by atoms with Crippen molar-refractivity contribution in [1.29, 1.82) is 0 Å². The highest BCUT2D eigenvalue weighted by molar-refractivity contribution is 7.92. The number of anilines is 2. The van der Waals surface area contributed by atoms with Gasteiger partial charge in [0, 0.05) is 18.8 Å². The highest BCUT2D eigenvalue weighted by Gasteiger charge is 2.28. The Balaban J connectivity index is 1.50. The number of carbonyl (C=O) groups excluding carboxylic acids is 1. The summed E-state index contributed by atoms with van der Waals surface area (Å²) in [4.78, 5) is 15.8. The monoisotopic (exact) mass is 547 g/mol. The number of hydrogen-bond acceptors (Lipinski definition) is 4. The van der Waals surface area contributed by atoms with Crippen molar-refractivity contribution in [3.05, 3.63) is 89.5 Å². The van der Waals surface area contributed by atoms with Gasteiger partial charge < -0.3 is 10.2 Å². The van der Waals surface area contributed by atoms with Crippen LogP contribution in [0.5, 0.6) is 0 Å². The van der Waals surface area contributed by atoms with Gasteiger partial charge in [-0.1, -0.05) is 62.7 Å². The molecule has 1 atom stereocenters. The number of rotatable bonds is 9. The number of aryl methyl sites for hydroxylation is 1. The normalized spacial score (nSPS) is 15.3. The number of hydrogen-bond donors (Lipinski definition) is 1. The summed E-state index contributed by atoms with van der Waals surface area (Å²) in [5.41, 5.74) is 4.71. The molecule has 6 nitrogen and oxygen atoms in total. The number of carbonyl (C=O) groups is 1. The van der Waals surface area contributed by atoms with Gasteiger partial charge in [0.1, 0.15) is 6.54 Å². The first-order valence-electron chi connectivity index (χ1n) is 13.9. The molecule has 3 aromatic rings. The first-order chi connectivity index (χ1) is 18.5. The summed E-state index contributed by atoms with van der Waals surface area (Å²) in [5.74, 6) is 0.730. The summed E-state index contributed by atoms with van der Waals surface area (Å²) in [7, 11) is -3.95. The molecule has 7 heteroatoms. The number of sulfonamides is 1. The molecule has 39 heavy (non-hydrogen) atoms. The van der Waals surface area contributed by atoms with Gasteiger partial charge in [0.15, 0.2) is 0 Å². The second kappa shape index (κ2) is 12.2. The Morgan fingerprint density at radius 3 is 2.03 bits per heavy atom. The van der Waals surface area contributed by atoms with Crippen LogP contribution in [0, 0.1) is 12.8 Å². The Morgan fingerprint density at radius 1 is 0.897 bits per heavy atom. The van der Waals surface area contributed by atoms with Crippen molar-refractivity contribution in [3.63, 3.8) is 0 Å². The zero-order chi connectivity index (χ0) is 28.2. The summed E-state index contributed by atoms with van der Waals surface area (Å²) in [5, 5.41) is 3.00. The van der Waals surface area contributed by atoms with Crippen LogP contribution in [-0.2, 0) is 14.8 Å². The quantitative estimate of drug-likeness (QED) is 0.335. The van der Waals surface area contributed by atoms with E-state index < -0.39 is 10.0 Å². The lowest BCUT2D eigenvalue weighted by Crippen LogP contribution is -2.41. The zero-order valence-corrected chi connectivity index (χ0v) is 24.5. The number of nitrogens with zero attached hydrogens (tertiary/aromatic N) is 2. The van der Waals surface area contributed by atoms with E-state index >= 15 is 0 Å². The largest absolute Gasteiger partial charge is 0.372 e. The van der Waals surface area contributed by atoms with Crippen LogP contribution in [0.4, 0.5) is 11.4 Å². The second-order valence-corrected chi connectivity index (χ2v) is 13.0. The van der Waals surface area contributed by atoms with Gasteiger partial charge in [0.25, 0.3) is 10.0 Å². The topological polar surface area (TPSA) is 69.7 Å². The van der Waals surface area contributed by atoms with E-state index in [0.717, 1.165) is 35.7 Å². The van der Waals surface area contributed by atoms with Gasteiger partial charge in [0.05, 0.1) is 16.6 Å². The van der Waals surface area contributed by atoms with Gasteiger partial charge in [-0.2, -0.15) is 0 Å². The fourth-order valence-corrected chi connectivity index (χ4v) is 6.34. The van der Waals surface area contributed by atoms with Crippen LogP contribution in [0.2, 0.25) is 0 Å². The van der Waals surface area contributed by atoms with E-state index in [-0.39, 0.29) is 23.4 Å². The van der Waals surface area contributed by atoms with Crippen molar-refractivity contribution < 1.29 is 13.2 Å². The summed E-state index contributed by atoms with van der Waals surface area (Å²) in [6, 6.07) is 22.1. The molecule has 0 aromatic heterocycles. The van der Waals surface area contributed by atoms with E-state index in [2.05, 4.69) is 43.1 Å². The third-order valence-electron chi connectivity index (χ3n) is 7.66. The molecule has 3 aromatic carbocycles. The molecular weight excluding hydrogens is 506 g/mol. The van der Waals surface area contributed by atoms with Crippen LogP contribution >= 0.6 is 0 Å². The van der Waals surface area contributed by atoms with Crippen LogP contribution in [0.25, 0.3) is 0 Å². The van der Waals surface area contributed by atoms with Gasteiger partial charge in [-0.25, -0.2) is 8.42 Å². The Bertz CT molecular complexity index is 1340. The van der Waals surface area contributed by atoms with Gasteiger partial charge in [-0.15, -0.1) is 0 Å². The van der Waals surface area contributed by atoms with Gasteiger partial charge in [0.2, 0.25) is 5.91 Å². The van der Waals surface area contributed by atoms with Crippen LogP contribution in [0.1, 0.15) is 69.2 Å². The summed E-state index contributed by atoms with van der Waals surface area (Å²) >= 11 is 0. The van der Waals surface area contributed by atoms with Gasteiger partial charge >= 0.3 is 0 Å². The zero-order valence-electron chi connectivity index (χ0n) is 23.7. The lowest BCUT2D eigenvalue weighted by atomic mass is 9.98. The lowest BCUT2D eigenvalue weighted by molar-refractivity contribution is -0.120. The predicted molar refractivity (Wildman–Crippen MR) is 160 cm³/mol. The molecule has 0 spiro atoms. The van der Waals surface area contributed by atoms with Crippen molar-refractivity contribution in [2.24, 2.45) is 5.92 Å². The van der Waals surface area contributed by atoms with Crippen LogP contribution in [0.3, 0.4) is 0 Å². The summed E-state index contributed by atoms with van der Waals surface area (Å²) < 4.78 is 28.6. The molecule has 1 aliphatic rings. The highest BCUT2D eigenvalue weighted by Crippen LogP contribution is 2.27. The first-order valence-corrected chi connectivity index (χ1v) is 15.3. The molecule has 0 radical (unpaired) electrons. The highest BCUT2D eigenvalue weighted by atomic mass is 32.2. The smallest absolute Gasteiger partial charge is 0.264 e. The molecule has 4 rings (SSSR count). The minimum atomic E-state index is -3.95. The van der Waals surface area contributed by atoms with E-state index in [0.29, 0.717) is 11.6 Å². The van der Waals surface area contributed by atoms with Crippen LogP contribution in [-0.4, -0.2) is 34.0 Å². The fourth-order valence-electron chi connectivity index (χ4n) is 4.92. The number of nitrogens with one attached hydrogen (secondary N) is 1. The minimum Gasteiger partial charge on any atom is -0.372 e. The fraction of sp³-hybridized carbons (Fsp3) is 0.406. The molecule has 1 amide bonds. The number of amides is 1. The Hall–Kier alpha value is -3.32. The van der Waals surface area contributed by atoms with Crippen molar-refractivity contribution in [3.8, 4) is 0 Å². The van der Waals surface area contributed by atoms with Crippen molar-refractivity contribution in [1.82, 2.24) is 5.32 Å². The maximum absolute atomic E-state index is 13.7. The van der Waals surface area contributed by atoms with E-state index in [1.165, 1.54) is 22.8 Å². The minimum absolute atomic E-state index is 0.157. The van der Waals surface area contributed by atoms with Gasteiger partial charge in [-0.3, -0.25) is 9.10 Å². The summed E-state index contributed by atoms with van der Waals surface area (Å²) in [6.45, 7) is 12.1. The maximum Gasteiger partial charge on any atom is 0.264 e. The standard InChI is InChI=1S/C32H41N3O3S/c1-23(2)27-8-14-30(15-9-27)35(39(37,38)31-16-6-24(3)7-17-31)22-32(36)33-26(5)28-10-12-29(13-11-28)34-20-18-25(4)19-21-34/h6-17,23,25-26H,18-22H2,1-5H3,(H,33,36). The van der Waals surface area contributed by atoms with Gasteiger partial charge in [-0.05, 0) is 86.1 Å². The Kier molecular flexibility index (Phi) is 9.01. The molecule has 1 N–H and O–H groups in total. The Morgan fingerprint density at radius 2 is 1.46 bits per heavy atom. The molecule has 1 aliphatic heterocycles. The summed E-state index contributed by atoms with van der Waals surface area (Å²) in [6.07, 6.45) is 2.41. The van der Waals surface area contributed by atoms with E-state index in [1.54, 1.807) is 36.4 Å². The van der Waals surface area contributed by atoms with Crippen molar-refractivity contribution in [2.75, 3.05) is 28.8 Å². The average molecular weight is 548 g/mol. The molecule has 0 aliphatic carbocycles. The third-order valence-corrected chi connectivity index (χ3v) is 9.45. The average Bonchev–Trinajstić information content (AvgIpc) is 2.92. The maximum atomic E-state index is 13.7. The SMILES string of the molecule is Cc1ccc(S(=O)(=O)N(CC(=O)NC(C)c2ccc(N3CCC(C)CC3)cc2)c2ccc(C(C)C)cc2)cc1. The molecule has 1 unspecified atom stereocenters. The Labute approximate surface area is 234 Å². The molecular formula is C32H41N3O3S. The molecule has 0 bridgehead atoms. The molecule has 1 fully saturated rings. The lowest BCUT2D eigenvalue weighted by Gasteiger charge is -2.32. The van der Waals surface area contributed by atoms with E-state index in [1.807, 2.05) is 38.1 Å². The van der Waals surface area contributed by atoms with Crippen LogP contribution < -0.4 is 14.5 Å². The molecule has 208 valence electrons. The van der Waals surface area contributed by atoms with Crippen LogP contribution in [0.15, 0.2) is 77.7 Å². The first kappa shape index (κ1) is 28.7.